The summed E-state index contributed by atoms with van der Waals surface area (Å²) in [6.07, 6.45) is -0.444. The van der Waals surface area contributed by atoms with Gasteiger partial charge in [-0.2, -0.15) is 0 Å². The highest BCUT2D eigenvalue weighted by Crippen LogP contribution is 2.39. The summed E-state index contributed by atoms with van der Waals surface area (Å²) in [5.74, 6) is -0.285. The number of esters is 1. The summed E-state index contributed by atoms with van der Waals surface area (Å²) >= 11 is 0. The minimum Gasteiger partial charge on any atom is -0.508 e. The molecule has 2 heterocycles. The maximum Gasteiger partial charge on any atom is 0.337 e. The molecule has 4 rings (SSSR count). The summed E-state index contributed by atoms with van der Waals surface area (Å²) in [5.41, 5.74) is 2.76. The molecular formula is C22H22O6. The van der Waals surface area contributed by atoms with Crippen LogP contribution in [0.5, 0.6) is 11.5 Å². The Kier molecular flexibility index (Phi) is 4.40. The molecule has 3 N–H and O–H groups in total. The lowest BCUT2D eigenvalue weighted by Crippen LogP contribution is -2.09. The van der Waals surface area contributed by atoms with Crippen molar-refractivity contribution in [1.29, 1.82) is 0 Å². The molecule has 1 fully saturated rings. The number of epoxide rings is 1. The molecule has 0 spiro atoms. The molecular weight excluding hydrogens is 360 g/mol. The minimum absolute atomic E-state index is 0.0543. The Morgan fingerprint density at radius 2 is 1.75 bits per heavy atom. The average Bonchev–Trinajstić information content (AvgIpc) is 3.13. The van der Waals surface area contributed by atoms with E-state index in [0.717, 1.165) is 11.1 Å². The van der Waals surface area contributed by atoms with Gasteiger partial charge in [-0.25, -0.2) is 4.79 Å². The van der Waals surface area contributed by atoms with E-state index in [0.29, 0.717) is 23.1 Å². The van der Waals surface area contributed by atoms with E-state index in [1.807, 2.05) is 19.9 Å². The number of benzene rings is 2. The molecule has 2 aromatic rings. The number of aromatic hydroxyl groups is 2. The van der Waals surface area contributed by atoms with Crippen molar-refractivity contribution in [3.63, 3.8) is 0 Å². The lowest BCUT2D eigenvalue weighted by atomic mass is 9.94. The molecule has 2 aromatic carbocycles. The zero-order valence-electron chi connectivity index (χ0n) is 15.7. The molecule has 28 heavy (non-hydrogen) atoms. The Hall–Kier alpha value is -2.83. The van der Waals surface area contributed by atoms with Gasteiger partial charge in [-0.1, -0.05) is 24.3 Å². The topological polar surface area (TPSA) is 99.5 Å². The fourth-order valence-electron chi connectivity index (χ4n) is 3.55. The van der Waals surface area contributed by atoms with Gasteiger partial charge in [0.15, 0.2) is 0 Å². The van der Waals surface area contributed by atoms with Crippen molar-refractivity contribution in [2.75, 3.05) is 0 Å². The van der Waals surface area contributed by atoms with Crippen molar-refractivity contribution in [2.45, 2.75) is 44.7 Å². The molecule has 0 radical (unpaired) electrons. The molecule has 0 aliphatic carbocycles. The van der Waals surface area contributed by atoms with Gasteiger partial charge in [0.1, 0.15) is 11.5 Å². The SMILES string of the molecule is CC1(C)OC1Cc1cc(CC2=C(c3ccc(O)cc3)C(O)OC2=O)ccc1O. The lowest BCUT2D eigenvalue weighted by Gasteiger charge is -2.10. The molecule has 0 aromatic heterocycles. The third-order valence-electron chi connectivity index (χ3n) is 5.31. The number of aliphatic hydroxyl groups is 1. The second-order valence-electron chi connectivity index (χ2n) is 7.75. The van der Waals surface area contributed by atoms with Crippen LogP contribution in [0.2, 0.25) is 0 Å². The number of carbonyl (C=O) groups excluding carboxylic acids is 1. The van der Waals surface area contributed by atoms with E-state index in [2.05, 4.69) is 0 Å². The normalized spacial score (nSPS) is 23.0. The van der Waals surface area contributed by atoms with Crippen LogP contribution >= 0.6 is 0 Å². The number of phenols is 2. The summed E-state index contributed by atoms with van der Waals surface area (Å²) in [7, 11) is 0. The largest absolute Gasteiger partial charge is 0.508 e. The van der Waals surface area contributed by atoms with Crippen molar-refractivity contribution < 1.29 is 29.6 Å². The summed E-state index contributed by atoms with van der Waals surface area (Å²) in [6, 6.07) is 11.5. The molecule has 146 valence electrons. The summed E-state index contributed by atoms with van der Waals surface area (Å²) in [4.78, 5) is 12.3. The molecule has 0 amide bonds. The summed E-state index contributed by atoms with van der Waals surface area (Å²) in [5, 5.41) is 29.8. The van der Waals surface area contributed by atoms with Gasteiger partial charge in [-0.05, 0) is 48.7 Å². The molecule has 1 saturated heterocycles. The van der Waals surface area contributed by atoms with E-state index in [1.165, 1.54) is 12.1 Å². The maximum atomic E-state index is 12.3. The first-order valence-electron chi connectivity index (χ1n) is 9.14. The van der Waals surface area contributed by atoms with Gasteiger partial charge < -0.3 is 24.8 Å². The highest BCUT2D eigenvalue weighted by atomic mass is 16.6. The van der Waals surface area contributed by atoms with Crippen molar-refractivity contribution in [3.05, 3.63) is 64.7 Å². The number of cyclic esters (lactones) is 1. The van der Waals surface area contributed by atoms with E-state index in [9.17, 15) is 20.1 Å². The van der Waals surface area contributed by atoms with Crippen LogP contribution < -0.4 is 0 Å². The van der Waals surface area contributed by atoms with E-state index in [-0.39, 0.29) is 29.6 Å². The Bertz CT molecular complexity index is 957. The highest BCUT2D eigenvalue weighted by molar-refractivity contribution is 6.02. The zero-order chi connectivity index (χ0) is 20.1. The van der Waals surface area contributed by atoms with Gasteiger partial charge >= 0.3 is 5.97 Å². The number of phenolic OH excluding ortho intramolecular Hbond substituents is 2. The van der Waals surface area contributed by atoms with Crippen LogP contribution in [0.3, 0.4) is 0 Å². The van der Waals surface area contributed by atoms with Gasteiger partial charge in [0.05, 0.1) is 17.3 Å². The Balaban J connectivity index is 1.64. The van der Waals surface area contributed by atoms with Gasteiger partial charge in [0.25, 0.3) is 0 Å². The van der Waals surface area contributed by atoms with Crippen LogP contribution in [0, 0.1) is 0 Å². The first kappa shape index (κ1) is 18.5. The monoisotopic (exact) mass is 382 g/mol. The fraction of sp³-hybridized carbons (Fsp3) is 0.318. The molecule has 2 aliphatic rings. The Morgan fingerprint density at radius 3 is 2.39 bits per heavy atom. The van der Waals surface area contributed by atoms with Crippen LogP contribution in [-0.2, 0) is 27.1 Å². The van der Waals surface area contributed by atoms with Crippen LogP contribution in [-0.4, -0.2) is 39.3 Å². The van der Waals surface area contributed by atoms with Crippen molar-refractivity contribution >= 4 is 11.5 Å². The number of hydrogen-bond acceptors (Lipinski definition) is 6. The molecule has 2 aliphatic heterocycles. The van der Waals surface area contributed by atoms with Crippen LogP contribution in [0.15, 0.2) is 48.0 Å². The van der Waals surface area contributed by atoms with Crippen LogP contribution in [0.25, 0.3) is 5.57 Å². The smallest absolute Gasteiger partial charge is 0.337 e. The molecule has 0 bridgehead atoms. The maximum absolute atomic E-state index is 12.3. The van der Waals surface area contributed by atoms with Crippen molar-refractivity contribution in [1.82, 2.24) is 0 Å². The van der Waals surface area contributed by atoms with Crippen LogP contribution in [0.1, 0.15) is 30.5 Å². The fourth-order valence-corrected chi connectivity index (χ4v) is 3.55. The van der Waals surface area contributed by atoms with Gasteiger partial charge in [-0.15, -0.1) is 0 Å². The molecule has 0 saturated carbocycles. The number of carbonyl (C=O) groups is 1. The third kappa shape index (κ3) is 3.48. The standard InChI is InChI=1S/C22H22O6/c1-22(2)18(28-22)11-14-9-12(3-8-17(14)24)10-16-19(21(26)27-20(16)25)13-4-6-15(23)7-5-13/h3-9,18,21,23-24,26H,10-11H2,1-2H3. The first-order valence-corrected chi connectivity index (χ1v) is 9.14. The number of rotatable bonds is 5. The van der Waals surface area contributed by atoms with Gasteiger partial charge in [0.2, 0.25) is 6.29 Å². The lowest BCUT2D eigenvalue weighted by molar-refractivity contribution is -0.150. The number of aliphatic hydroxyl groups excluding tert-OH is 1. The average molecular weight is 382 g/mol. The Morgan fingerprint density at radius 1 is 1.07 bits per heavy atom. The van der Waals surface area contributed by atoms with Gasteiger partial charge in [-0.3, -0.25) is 0 Å². The summed E-state index contributed by atoms with van der Waals surface area (Å²) in [6.45, 7) is 4.01. The van der Waals surface area contributed by atoms with Gasteiger partial charge in [0, 0.05) is 18.4 Å². The molecule has 6 nitrogen and oxygen atoms in total. The first-order chi connectivity index (χ1) is 13.2. The molecule has 2 atom stereocenters. The quantitative estimate of drug-likeness (QED) is 0.543. The third-order valence-corrected chi connectivity index (χ3v) is 5.31. The zero-order valence-corrected chi connectivity index (χ0v) is 15.7. The van der Waals surface area contributed by atoms with Crippen molar-refractivity contribution in [2.24, 2.45) is 0 Å². The highest BCUT2D eigenvalue weighted by Gasteiger charge is 2.47. The second-order valence-corrected chi connectivity index (χ2v) is 7.75. The predicted molar refractivity (Wildman–Crippen MR) is 102 cm³/mol. The van der Waals surface area contributed by atoms with E-state index >= 15 is 0 Å². The predicted octanol–water partition coefficient (Wildman–Crippen LogP) is 2.69. The van der Waals surface area contributed by atoms with Crippen LogP contribution in [0.4, 0.5) is 0 Å². The molecule has 2 unspecified atom stereocenters. The summed E-state index contributed by atoms with van der Waals surface area (Å²) < 4.78 is 10.6. The minimum atomic E-state index is -1.34. The second kappa shape index (κ2) is 6.65. The van der Waals surface area contributed by atoms with E-state index in [4.69, 9.17) is 9.47 Å². The Labute approximate surface area is 162 Å². The van der Waals surface area contributed by atoms with E-state index in [1.54, 1.807) is 24.3 Å². The molecule has 6 heteroatoms. The number of ether oxygens (including phenoxy) is 2. The van der Waals surface area contributed by atoms with Crippen molar-refractivity contribution in [3.8, 4) is 11.5 Å². The number of hydrogen-bond donors (Lipinski definition) is 3. The van der Waals surface area contributed by atoms with E-state index < -0.39 is 12.3 Å².